The molecule has 1 aliphatic rings. The van der Waals surface area contributed by atoms with Gasteiger partial charge in [-0.25, -0.2) is 0 Å². The smallest absolute Gasteiger partial charge is 0.126 e. The van der Waals surface area contributed by atoms with Crippen molar-refractivity contribution in [2.24, 2.45) is 0 Å². The number of ether oxygens (including phenoxy) is 1. The Hall–Kier alpha value is -0.540. The normalized spacial score (nSPS) is 25.4. The summed E-state index contributed by atoms with van der Waals surface area (Å²) >= 11 is 3.45. The van der Waals surface area contributed by atoms with Gasteiger partial charge in [-0.2, -0.15) is 0 Å². The molecule has 1 N–H and O–H groups in total. The Balaban J connectivity index is 2.59. The Labute approximate surface area is 92.0 Å². The van der Waals surface area contributed by atoms with Crippen LogP contribution in [0.4, 0.5) is 0 Å². The van der Waals surface area contributed by atoms with E-state index in [2.05, 4.69) is 15.9 Å². The molecule has 0 saturated heterocycles. The fourth-order valence-electron chi connectivity index (χ4n) is 1.70. The van der Waals surface area contributed by atoms with Crippen LogP contribution in [0.1, 0.15) is 24.5 Å². The predicted molar refractivity (Wildman–Crippen MR) is 58.6 cm³/mol. The van der Waals surface area contributed by atoms with E-state index in [-0.39, 0.29) is 0 Å². The molecular weight excluding hydrogens is 244 g/mol. The summed E-state index contributed by atoms with van der Waals surface area (Å²) in [5.41, 5.74) is 1.26. The Morgan fingerprint density at radius 3 is 2.93 bits per heavy atom. The molecule has 1 aromatic carbocycles. The zero-order valence-electron chi connectivity index (χ0n) is 8.30. The molecule has 0 bridgehead atoms. The van der Waals surface area contributed by atoms with Crippen molar-refractivity contribution in [1.29, 1.82) is 0 Å². The topological polar surface area (TPSA) is 29.5 Å². The Morgan fingerprint density at radius 1 is 1.50 bits per heavy atom. The van der Waals surface area contributed by atoms with E-state index in [1.54, 1.807) is 0 Å². The van der Waals surface area contributed by atoms with Crippen molar-refractivity contribution in [3.8, 4) is 5.75 Å². The molecule has 0 fully saturated rings. The lowest BCUT2D eigenvalue weighted by atomic mass is 9.89. The van der Waals surface area contributed by atoms with Crippen LogP contribution in [0.15, 0.2) is 16.6 Å². The maximum absolute atomic E-state index is 10.1. The molecule has 3 heteroatoms. The highest BCUT2D eigenvalue weighted by atomic mass is 79.9. The summed E-state index contributed by atoms with van der Waals surface area (Å²) in [5.74, 6) is 0.790. The van der Waals surface area contributed by atoms with E-state index in [4.69, 9.17) is 4.74 Å². The van der Waals surface area contributed by atoms with Gasteiger partial charge in [-0.3, -0.25) is 0 Å². The monoisotopic (exact) mass is 256 g/mol. The van der Waals surface area contributed by atoms with Gasteiger partial charge in [-0.15, -0.1) is 0 Å². The SMILES string of the molecule is Cc1cc2c(cc1Br)OCCC2(C)O. The van der Waals surface area contributed by atoms with Crippen LogP contribution in [-0.4, -0.2) is 11.7 Å². The minimum absolute atomic E-state index is 0.579. The summed E-state index contributed by atoms with van der Waals surface area (Å²) in [6, 6.07) is 3.91. The van der Waals surface area contributed by atoms with E-state index >= 15 is 0 Å². The number of hydrogen-bond donors (Lipinski definition) is 1. The lowest BCUT2D eigenvalue weighted by Crippen LogP contribution is -2.29. The Bertz CT molecular complexity index is 372. The number of benzene rings is 1. The molecule has 2 nitrogen and oxygen atoms in total. The van der Waals surface area contributed by atoms with Crippen LogP contribution < -0.4 is 4.74 Å². The van der Waals surface area contributed by atoms with Gasteiger partial charge in [0.2, 0.25) is 0 Å². The van der Waals surface area contributed by atoms with Crippen molar-refractivity contribution < 1.29 is 9.84 Å². The van der Waals surface area contributed by atoms with E-state index in [1.807, 2.05) is 26.0 Å². The third-order valence-electron chi connectivity index (χ3n) is 2.69. The third kappa shape index (κ3) is 1.55. The fraction of sp³-hybridized carbons (Fsp3) is 0.455. The van der Waals surface area contributed by atoms with Crippen LogP contribution in [0.25, 0.3) is 0 Å². The number of aliphatic hydroxyl groups is 1. The molecule has 2 rings (SSSR count). The van der Waals surface area contributed by atoms with Gasteiger partial charge in [0.25, 0.3) is 0 Å². The number of fused-ring (bicyclic) bond motifs is 1. The van der Waals surface area contributed by atoms with Crippen LogP contribution in [-0.2, 0) is 5.60 Å². The third-order valence-corrected chi connectivity index (χ3v) is 3.54. The van der Waals surface area contributed by atoms with E-state index < -0.39 is 5.60 Å². The minimum atomic E-state index is -0.751. The average molecular weight is 257 g/mol. The summed E-state index contributed by atoms with van der Waals surface area (Å²) < 4.78 is 6.53. The van der Waals surface area contributed by atoms with Crippen molar-refractivity contribution in [2.75, 3.05) is 6.61 Å². The molecule has 0 saturated carbocycles. The molecule has 1 heterocycles. The highest BCUT2D eigenvalue weighted by Gasteiger charge is 2.31. The van der Waals surface area contributed by atoms with Crippen molar-refractivity contribution >= 4 is 15.9 Å². The minimum Gasteiger partial charge on any atom is -0.493 e. The molecule has 0 aliphatic carbocycles. The maximum atomic E-state index is 10.1. The second kappa shape index (κ2) is 3.24. The van der Waals surface area contributed by atoms with Crippen LogP contribution in [0.2, 0.25) is 0 Å². The molecule has 14 heavy (non-hydrogen) atoms. The van der Waals surface area contributed by atoms with Gasteiger partial charge in [0.15, 0.2) is 0 Å². The molecule has 0 amide bonds. The number of aryl methyl sites for hydroxylation is 1. The van der Waals surface area contributed by atoms with Crippen LogP contribution in [0.5, 0.6) is 5.75 Å². The van der Waals surface area contributed by atoms with Gasteiger partial charge in [0, 0.05) is 16.5 Å². The van der Waals surface area contributed by atoms with E-state index in [0.717, 1.165) is 21.3 Å². The molecule has 0 aromatic heterocycles. The Kier molecular flexibility index (Phi) is 2.32. The summed E-state index contributed by atoms with van der Waals surface area (Å²) in [5, 5.41) is 10.1. The first-order chi connectivity index (χ1) is 6.50. The van der Waals surface area contributed by atoms with Crippen LogP contribution >= 0.6 is 15.9 Å². The van der Waals surface area contributed by atoms with Crippen molar-refractivity contribution in [1.82, 2.24) is 0 Å². The largest absolute Gasteiger partial charge is 0.493 e. The lowest BCUT2D eigenvalue weighted by molar-refractivity contribution is 0.0146. The zero-order valence-corrected chi connectivity index (χ0v) is 9.89. The fourth-order valence-corrected chi connectivity index (χ4v) is 2.02. The number of hydrogen-bond acceptors (Lipinski definition) is 2. The zero-order chi connectivity index (χ0) is 10.3. The lowest BCUT2D eigenvalue weighted by Gasteiger charge is -2.31. The first-order valence-electron chi connectivity index (χ1n) is 4.66. The highest BCUT2D eigenvalue weighted by molar-refractivity contribution is 9.10. The standard InChI is InChI=1S/C11H13BrO2/c1-7-5-8-10(6-9(7)12)14-4-3-11(8,2)13/h5-6,13H,3-4H2,1-2H3. The van der Waals surface area contributed by atoms with Crippen molar-refractivity contribution in [3.63, 3.8) is 0 Å². The van der Waals surface area contributed by atoms with Gasteiger partial charge in [-0.05, 0) is 31.5 Å². The van der Waals surface area contributed by atoms with Crippen molar-refractivity contribution in [3.05, 3.63) is 27.7 Å². The van der Waals surface area contributed by atoms with Crippen LogP contribution in [0, 0.1) is 6.92 Å². The quantitative estimate of drug-likeness (QED) is 0.774. The van der Waals surface area contributed by atoms with E-state index in [1.165, 1.54) is 0 Å². The Morgan fingerprint density at radius 2 is 2.21 bits per heavy atom. The predicted octanol–water partition coefficient (Wildman–Crippen LogP) is 2.75. The summed E-state index contributed by atoms with van der Waals surface area (Å²) in [7, 11) is 0. The molecule has 1 aromatic rings. The molecule has 76 valence electrons. The second-order valence-corrected chi connectivity index (χ2v) is 4.82. The number of halogens is 1. The van der Waals surface area contributed by atoms with Gasteiger partial charge >= 0.3 is 0 Å². The first kappa shape index (κ1) is 9.99. The van der Waals surface area contributed by atoms with E-state index in [0.29, 0.717) is 13.0 Å². The summed E-state index contributed by atoms with van der Waals surface area (Å²) in [6.45, 7) is 4.42. The highest BCUT2D eigenvalue weighted by Crippen LogP contribution is 2.39. The van der Waals surface area contributed by atoms with Crippen molar-refractivity contribution in [2.45, 2.75) is 25.9 Å². The summed E-state index contributed by atoms with van der Waals surface area (Å²) in [6.07, 6.45) is 0.654. The second-order valence-electron chi connectivity index (χ2n) is 3.97. The molecular formula is C11H13BrO2. The summed E-state index contributed by atoms with van der Waals surface area (Å²) in [4.78, 5) is 0. The van der Waals surface area contributed by atoms with E-state index in [9.17, 15) is 5.11 Å². The average Bonchev–Trinajstić information content (AvgIpc) is 2.08. The molecule has 1 atom stereocenters. The molecule has 0 spiro atoms. The van der Waals surface area contributed by atoms with Gasteiger partial charge < -0.3 is 9.84 Å². The van der Waals surface area contributed by atoms with Gasteiger partial charge in [0.05, 0.1) is 12.2 Å². The van der Waals surface area contributed by atoms with Gasteiger partial charge in [-0.1, -0.05) is 15.9 Å². The molecule has 1 aliphatic heterocycles. The first-order valence-corrected chi connectivity index (χ1v) is 5.46. The van der Waals surface area contributed by atoms with Crippen LogP contribution in [0.3, 0.4) is 0 Å². The molecule has 1 unspecified atom stereocenters. The number of rotatable bonds is 0. The maximum Gasteiger partial charge on any atom is 0.126 e. The van der Waals surface area contributed by atoms with Gasteiger partial charge in [0.1, 0.15) is 5.75 Å². The molecule has 0 radical (unpaired) electrons.